The minimum absolute atomic E-state index is 0.0244. The van der Waals surface area contributed by atoms with Crippen molar-refractivity contribution in [3.8, 4) is 0 Å². The predicted octanol–water partition coefficient (Wildman–Crippen LogP) is 4.69. The van der Waals surface area contributed by atoms with Gasteiger partial charge in [-0.2, -0.15) is 5.10 Å². The molecule has 1 unspecified atom stereocenters. The molecular formula is C17H15Br2N3O. The maximum absolute atomic E-state index is 12.7. The van der Waals surface area contributed by atoms with Crippen LogP contribution in [0.4, 0.5) is 0 Å². The molecule has 0 aliphatic rings. The summed E-state index contributed by atoms with van der Waals surface area (Å²) < 4.78 is 3.48. The molecule has 1 aromatic carbocycles. The van der Waals surface area contributed by atoms with Gasteiger partial charge in [-0.3, -0.25) is 4.79 Å². The first-order valence-corrected chi connectivity index (χ1v) is 8.72. The lowest BCUT2D eigenvalue weighted by molar-refractivity contribution is 0.0736. The Kier molecular flexibility index (Phi) is 4.55. The lowest BCUT2D eigenvalue weighted by Gasteiger charge is -2.24. The third kappa shape index (κ3) is 3.19. The highest BCUT2D eigenvalue weighted by Crippen LogP contribution is 2.25. The maximum Gasteiger partial charge on any atom is 0.274 e. The van der Waals surface area contributed by atoms with Crippen molar-refractivity contribution < 1.29 is 4.79 Å². The van der Waals surface area contributed by atoms with E-state index in [9.17, 15) is 4.79 Å². The highest BCUT2D eigenvalue weighted by atomic mass is 79.9. The number of amides is 1. The Morgan fingerprint density at radius 2 is 1.91 bits per heavy atom. The standard InChI is InChI=1S/C17H15Br2N3O/c1-11(12-6-4-3-5-7-12)21(2)17(23)15-9-16-14(19)8-13(18)10-22(16)20-15/h3-11H,1-2H3. The molecule has 0 radical (unpaired) electrons. The van der Waals surface area contributed by atoms with Crippen LogP contribution >= 0.6 is 31.9 Å². The minimum atomic E-state index is -0.104. The third-order valence-corrected chi connectivity index (χ3v) is 4.96. The number of carbonyl (C=O) groups excluding carboxylic acids is 1. The first-order valence-electron chi connectivity index (χ1n) is 7.14. The fourth-order valence-corrected chi connectivity index (χ4v) is 3.71. The summed E-state index contributed by atoms with van der Waals surface area (Å²) in [4.78, 5) is 14.5. The van der Waals surface area contributed by atoms with Gasteiger partial charge in [0, 0.05) is 22.2 Å². The zero-order chi connectivity index (χ0) is 16.6. The number of pyridine rings is 1. The van der Waals surface area contributed by atoms with Gasteiger partial charge in [-0.25, -0.2) is 4.52 Å². The molecule has 0 saturated heterocycles. The Labute approximate surface area is 151 Å². The van der Waals surface area contributed by atoms with E-state index in [1.165, 1.54) is 0 Å². The van der Waals surface area contributed by atoms with E-state index in [2.05, 4.69) is 37.0 Å². The lowest BCUT2D eigenvalue weighted by atomic mass is 10.1. The largest absolute Gasteiger partial charge is 0.334 e. The van der Waals surface area contributed by atoms with E-state index in [1.807, 2.05) is 49.5 Å². The molecular weight excluding hydrogens is 422 g/mol. The second-order valence-electron chi connectivity index (χ2n) is 5.37. The highest BCUT2D eigenvalue weighted by molar-refractivity contribution is 9.11. The summed E-state index contributed by atoms with van der Waals surface area (Å²) in [5.41, 5.74) is 2.38. The van der Waals surface area contributed by atoms with Crippen molar-refractivity contribution in [1.82, 2.24) is 14.5 Å². The fraction of sp³-hybridized carbons (Fsp3) is 0.176. The number of aromatic nitrogens is 2. The van der Waals surface area contributed by atoms with Gasteiger partial charge in [0.2, 0.25) is 0 Å². The number of nitrogens with zero attached hydrogens (tertiary/aromatic N) is 3. The quantitative estimate of drug-likeness (QED) is 0.597. The summed E-state index contributed by atoms with van der Waals surface area (Å²) in [5.74, 6) is -0.104. The van der Waals surface area contributed by atoms with E-state index in [0.717, 1.165) is 20.0 Å². The van der Waals surface area contributed by atoms with Gasteiger partial charge in [-0.05, 0) is 56.5 Å². The molecule has 2 heterocycles. The molecule has 23 heavy (non-hydrogen) atoms. The topological polar surface area (TPSA) is 37.6 Å². The summed E-state index contributed by atoms with van der Waals surface area (Å²) >= 11 is 6.92. The third-order valence-electron chi connectivity index (χ3n) is 3.89. The molecule has 4 nitrogen and oxygen atoms in total. The molecule has 1 atom stereocenters. The summed E-state index contributed by atoms with van der Waals surface area (Å²) in [7, 11) is 1.80. The molecule has 1 amide bonds. The van der Waals surface area contributed by atoms with Gasteiger partial charge in [0.15, 0.2) is 5.69 Å². The van der Waals surface area contributed by atoms with E-state index in [1.54, 1.807) is 22.5 Å². The van der Waals surface area contributed by atoms with Crippen LogP contribution in [0.3, 0.4) is 0 Å². The lowest BCUT2D eigenvalue weighted by Crippen LogP contribution is -2.30. The molecule has 0 spiro atoms. The molecule has 2 aromatic heterocycles. The number of hydrogen-bond acceptors (Lipinski definition) is 2. The average Bonchev–Trinajstić information content (AvgIpc) is 2.98. The smallest absolute Gasteiger partial charge is 0.274 e. The van der Waals surface area contributed by atoms with Crippen molar-refractivity contribution in [2.24, 2.45) is 0 Å². The van der Waals surface area contributed by atoms with Crippen molar-refractivity contribution in [2.75, 3.05) is 7.05 Å². The summed E-state index contributed by atoms with van der Waals surface area (Å²) in [6.07, 6.45) is 1.83. The Bertz CT molecular complexity index is 861. The zero-order valence-corrected chi connectivity index (χ0v) is 15.9. The van der Waals surface area contributed by atoms with Crippen LogP contribution in [0, 0.1) is 0 Å². The molecule has 0 fully saturated rings. The highest BCUT2D eigenvalue weighted by Gasteiger charge is 2.21. The second kappa shape index (κ2) is 6.45. The van der Waals surface area contributed by atoms with Crippen molar-refractivity contribution >= 4 is 43.3 Å². The number of hydrogen-bond donors (Lipinski definition) is 0. The summed E-state index contributed by atoms with van der Waals surface area (Å²) in [5, 5.41) is 4.40. The van der Waals surface area contributed by atoms with Gasteiger partial charge >= 0.3 is 0 Å². The number of fused-ring (bicyclic) bond motifs is 1. The van der Waals surface area contributed by atoms with E-state index in [4.69, 9.17) is 0 Å². The molecule has 3 rings (SSSR count). The van der Waals surface area contributed by atoms with Crippen LogP contribution < -0.4 is 0 Å². The Morgan fingerprint density at radius 3 is 2.61 bits per heavy atom. The monoisotopic (exact) mass is 435 g/mol. The Morgan fingerprint density at radius 1 is 1.22 bits per heavy atom. The molecule has 0 N–H and O–H groups in total. The first kappa shape index (κ1) is 16.2. The number of rotatable bonds is 3. The van der Waals surface area contributed by atoms with E-state index < -0.39 is 0 Å². The number of halogens is 2. The van der Waals surface area contributed by atoms with Crippen LogP contribution in [0.5, 0.6) is 0 Å². The molecule has 118 valence electrons. The van der Waals surface area contributed by atoms with E-state index >= 15 is 0 Å². The summed E-state index contributed by atoms with van der Waals surface area (Å²) in [6, 6.07) is 13.7. The second-order valence-corrected chi connectivity index (χ2v) is 7.14. The van der Waals surface area contributed by atoms with Crippen molar-refractivity contribution in [1.29, 1.82) is 0 Å². The van der Waals surface area contributed by atoms with Crippen LogP contribution in [0.1, 0.15) is 29.0 Å². The molecule has 0 aliphatic carbocycles. The van der Waals surface area contributed by atoms with Crippen LogP contribution in [0.2, 0.25) is 0 Å². The van der Waals surface area contributed by atoms with Crippen molar-refractivity contribution in [3.05, 3.63) is 68.9 Å². The zero-order valence-electron chi connectivity index (χ0n) is 12.7. The van der Waals surface area contributed by atoms with E-state index in [-0.39, 0.29) is 11.9 Å². The molecule has 3 aromatic rings. The number of carbonyl (C=O) groups is 1. The van der Waals surface area contributed by atoms with Crippen molar-refractivity contribution in [2.45, 2.75) is 13.0 Å². The molecule has 6 heteroatoms. The maximum atomic E-state index is 12.7. The van der Waals surface area contributed by atoms with Crippen LogP contribution in [0.15, 0.2) is 57.6 Å². The van der Waals surface area contributed by atoms with Crippen LogP contribution in [-0.2, 0) is 0 Å². The van der Waals surface area contributed by atoms with Crippen LogP contribution in [-0.4, -0.2) is 27.5 Å². The van der Waals surface area contributed by atoms with Gasteiger partial charge < -0.3 is 4.90 Å². The average molecular weight is 437 g/mol. The SMILES string of the molecule is CC(c1ccccc1)N(C)C(=O)c1cc2c(Br)cc(Br)cn2n1. The van der Waals surface area contributed by atoms with Gasteiger partial charge in [-0.1, -0.05) is 30.3 Å². The molecule has 0 aliphatic heterocycles. The fourth-order valence-electron chi connectivity index (χ4n) is 2.44. The van der Waals surface area contributed by atoms with Crippen LogP contribution in [0.25, 0.3) is 5.52 Å². The molecule has 0 bridgehead atoms. The Balaban J connectivity index is 1.92. The predicted molar refractivity (Wildman–Crippen MR) is 97.5 cm³/mol. The van der Waals surface area contributed by atoms with Gasteiger partial charge in [0.25, 0.3) is 5.91 Å². The van der Waals surface area contributed by atoms with Crippen molar-refractivity contribution in [3.63, 3.8) is 0 Å². The number of benzene rings is 1. The molecule has 0 saturated carbocycles. The minimum Gasteiger partial charge on any atom is -0.334 e. The van der Waals surface area contributed by atoms with Gasteiger partial charge in [-0.15, -0.1) is 0 Å². The van der Waals surface area contributed by atoms with Gasteiger partial charge in [0.05, 0.1) is 11.6 Å². The summed E-state index contributed by atoms with van der Waals surface area (Å²) in [6.45, 7) is 2.01. The van der Waals surface area contributed by atoms with E-state index in [0.29, 0.717) is 5.69 Å². The first-order chi connectivity index (χ1) is 11.0. The normalized spacial score (nSPS) is 12.3. The Hall–Kier alpha value is -1.66. The van der Waals surface area contributed by atoms with Gasteiger partial charge in [0.1, 0.15) is 0 Å².